The van der Waals surface area contributed by atoms with Gasteiger partial charge in [-0.05, 0) is 30.5 Å². The molecule has 29 heavy (non-hydrogen) atoms. The second-order valence-corrected chi connectivity index (χ2v) is 7.85. The van der Waals surface area contributed by atoms with E-state index in [1.54, 1.807) is 0 Å². The highest BCUT2D eigenvalue weighted by Crippen LogP contribution is 2.26. The van der Waals surface area contributed by atoms with E-state index in [9.17, 15) is 4.79 Å². The van der Waals surface area contributed by atoms with Crippen LogP contribution in [0.25, 0.3) is 11.4 Å². The molecule has 1 N–H and O–H groups in total. The SMILES string of the molecule is CCOc1ccccc1NC(=O)CSc1nnc(-c2ccc(C(C)C)cc2)n1C. The van der Waals surface area contributed by atoms with Gasteiger partial charge in [-0.15, -0.1) is 10.2 Å². The molecule has 0 radical (unpaired) electrons. The van der Waals surface area contributed by atoms with Crippen molar-refractivity contribution < 1.29 is 9.53 Å². The van der Waals surface area contributed by atoms with Crippen molar-refractivity contribution in [3.63, 3.8) is 0 Å². The molecule has 0 bridgehead atoms. The summed E-state index contributed by atoms with van der Waals surface area (Å²) in [5, 5.41) is 12.1. The number of carbonyl (C=O) groups is 1. The second kappa shape index (κ2) is 9.60. The van der Waals surface area contributed by atoms with Crippen LogP contribution in [0.15, 0.2) is 53.7 Å². The summed E-state index contributed by atoms with van der Waals surface area (Å²) in [6.45, 7) is 6.80. The van der Waals surface area contributed by atoms with Crippen LogP contribution in [0.2, 0.25) is 0 Å². The van der Waals surface area contributed by atoms with E-state index in [-0.39, 0.29) is 11.7 Å². The average molecular weight is 411 g/mol. The molecule has 0 unspecified atom stereocenters. The van der Waals surface area contributed by atoms with Crippen LogP contribution in [0, 0.1) is 0 Å². The third-order valence-corrected chi connectivity index (χ3v) is 5.48. The van der Waals surface area contributed by atoms with Crippen LogP contribution in [-0.2, 0) is 11.8 Å². The molecule has 2 aromatic carbocycles. The largest absolute Gasteiger partial charge is 0.492 e. The van der Waals surface area contributed by atoms with E-state index in [0.717, 1.165) is 11.4 Å². The Bertz CT molecular complexity index is 967. The molecular formula is C22H26N4O2S. The number of hydrogen-bond donors (Lipinski definition) is 1. The van der Waals surface area contributed by atoms with Crippen LogP contribution >= 0.6 is 11.8 Å². The van der Waals surface area contributed by atoms with Gasteiger partial charge in [-0.2, -0.15) is 0 Å². The van der Waals surface area contributed by atoms with Crippen molar-refractivity contribution in [2.75, 3.05) is 17.7 Å². The third-order valence-electron chi connectivity index (χ3n) is 4.46. The molecule has 0 saturated carbocycles. The Morgan fingerprint density at radius 3 is 2.55 bits per heavy atom. The Labute approximate surface area is 175 Å². The van der Waals surface area contributed by atoms with E-state index < -0.39 is 0 Å². The first-order valence-corrected chi connectivity index (χ1v) is 10.6. The number of ether oxygens (including phenoxy) is 1. The Morgan fingerprint density at radius 2 is 1.86 bits per heavy atom. The fourth-order valence-electron chi connectivity index (χ4n) is 2.88. The van der Waals surface area contributed by atoms with Crippen molar-refractivity contribution >= 4 is 23.4 Å². The van der Waals surface area contributed by atoms with E-state index in [1.165, 1.54) is 17.3 Å². The minimum Gasteiger partial charge on any atom is -0.492 e. The van der Waals surface area contributed by atoms with Crippen LogP contribution in [0.3, 0.4) is 0 Å². The predicted molar refractivity (Wildman–Crippen MR) is 117 cm³/mol. The molecule has 1 amide bonds. The monoisotopic (exact) mass is 410 g/mol. The molecule has 0 spiro atoms. The Morgan fingerprint density at radius 1 is 1.14 bits per heavy atom. The van der Waals surface area contributed by atoms with Gasteiger partial charge in [-0.1, -0.05) is 62.0 Å². The first-order chi connectivity index (χ1) is 14.0. The topological polar surface area (TPSA) is 69.0 Å². The summed E-state index contributed by atoms with van der Waals surface area (Å²) in [5.41, 5.74) is 2.96. The maximum atomic E-state index is 12.4. The van der Waals surface area contributed by atoms with Crippen molar-refractivity contribution in [3.05, 3.63) is 54.1 Å². The van der Waals surface area contributed by atoms with Crippen molar-refractivity contribution in [1.29, 1.82) is 0 Å². The highest BCUT2D eigenvalue weighted by molar-refractivity contribution is 7.99. The number of amides is 1. The third kappa shape index (κ3) is 5.17. The van der Waals surface area contributed by atoms with Crippen molar-refractivity contribution in [1.82, 2.24) is 14.8 Å². The molecular weight excluding hydrogens is 384 g/mol. The molecule has 0 fully saturated rings. The maximum Gasteiger partial charge on any atom is 0.234 e. The Hall–Kier alpha value is -2.80. The lowest BCUT2D eigenvalue weighted by atomic mass is 10.0. The number of nitrogens with one attached hydrogen (secondary N) is 1. The summed E-state index contributed by atoms with van der Waals surface area (Å²) in [4.78, 5) is 12.4. The van der Waals surface area contributed by atoms with E-state index in [4.69, 9.17) is 4.74 Å². The molecule has 3 rings (SSSR count). The number of benzene rings is 2. The molecule has 152 valence electrons. The van der Waals surface area contributed by atoms with Crippen LogP contribution in [0.5, 0.6) is 5.75 Å². The minimum absolute atomic E-state index is 0.118. The number of carbonyl (C=O) groups excluding carboxylic acids is 1. The van der Waals surface area contributed by atoms with Gasteiger partial charge >= 0.3 is 0 Å². The Balaban J connectivity index is 1.64. The normalized spacial score (nSPS) is 10.9. The lowest BCUT2D eigenvalue weighted by molar-refractivity contribution is -0.113. The summed E-state index contributed by atoms with van der Waals surface area (Å²) < 4.78 is 7.46. The van der Waals surface area contributed by atoms with Gasteiger partial charge in [0, 0.05) is 12.6 Å². The summed E-state index contributed by atoms with van der Waals surface area (Å²) in [5.74, 6) is 2.05. The molecule has 0 aliphatic carbocycles. The van der Waals surface area contributed by atoms with Gasteiger partial charge in [0.15, 0.2) is 11.0 Å². The maximum absolute atomic E-state index is 12.4. The molecule has 1 heterocycles. The first kappa shape index (κ1) is 20.9. The number of aromatic nitrogens is 3. The summed E-state index contributed by atoms with van der Waals surface area (Å²) in [7, 11) is 1.91. The van der Waals surface area contributed by atoms with Gasteiger partial charge in [0.05, 0.1) is 18.0 Å². The number of hydrogen-bond acceptors (Lipinski definition) is 5. The molecule has 3 aromatic rings. The number of para-hydroxylation sites is 2. The van der Waals surface area contributed by atoms with E-state index in [2.05, 4.69) is 53.6 Å². The first-order valence-electron chi connectivity index (χ1n) is 9.63. The molecule has 0 aliphatic rings. The fraction of sp³-hybridized carbons (Fsp3) is 0.318. The zero-order valence-corrected chi connectivity index (χ0v) is 18.0. The summed E-state index contributed by atoms with van der Waals surface area (Å²) >= 11 is 1.35. The van der Waals surface area contributed by atoms with Gasteiger partial charge in [0.25, 0.3) is 0 Å². The van der Waals surface area contributed by atoms with Crippen LogP contribution in [0.4, 0.5) is 5.69 Å². The molecule has 7 heteroatoms. The highest BCUT2D eigenvalue weighted by atomic mass is 32.2. The number of rotatable bonds is 8. The average Bonchev–Trinajstić information content (AvgIpc) is 3.08. The predicted octanol–water partition coefficient (Wildman–Crippen LogP) is 4.74. The van der Waals surface area contributed by atoms with Gasteiger partial charge in [-0.25, -0.2) is 0 Å². The van der Waals surface area contributed by atoms with Crippen LogP contribution in [-0.4, -0.2) is 33.0 Å². The summed E-state index contributed by atoms with van der Waals surface area (Å²) in [6, 6.07) is 15.8. The standard InChI is InChI=1S/C22H26N4O2S/c1-5-28-19-9-7-6-8-18(19)23-20(27)14-29-22-25-24-21(26(22)4)17-12-10-16(11-13-17)15(2)3/h6-13,15H,5,14H2,1-4H3,(H,23,27). The van der Waals surface area contributed by atoms with Crippen molar-refractivity contribution in [2.45, 2.75) is 31.8 Å². The zero-order chi connectivity index (χ0) is 20.8. The molecule has 1 aromatic heterocycles. The van der Waals surface area contributed by atoms with Gasteiger partial charge in [0.1, 0.15) is 5.75 Å². The fourth-order valence-corrected chi connectivity index (χ4v) is 3.59. The van der Waals surface area contributed by atoms with Gasteiger partial charge in [-0.3, -0.25) is 4.79 Å². The Kier molecular flexibility index (Phi) is 6.93. The summed E-state index contributed by atoms with van der Waals surface area (Å²) in [6.07, 6.45) is 0. The number of nitrogens with zero attached hydrogens (tertiary/aromatic N) is 3. The van der Waals surface area contributed by atoms with Crippen molar-refractivity contribution in [3.8, 4) is 17.1 Å². The van der Waals surface area contributed by atoms with E-state index in [1.807, 2.05) is 42.8 Å². The minimum atomic E-state index is -0.118. The lowest BCUT2D eigenvalue weighted by Crippen LogP contribution is -2.15. The molecule has 0 aliphatic heterocycles. The van der Waals surface area contributed by atoms with E-state index in [0.29, 0.717) is 29.1 Å². The quantitative estimate of drug-likeness (QED) is 0.544. The van der Waals surface area contributed by atoms with E-state index >= 15 is 0 Å². The van der Waals surface area contributed by atoms with Crippen LogP contribution < -0.4 is 10.1 Å². The molecule has 0 saturated heterocycles. The van der Waals surface area contributed by atoms with Crippen LogP contribution in [0.1, 0.15) is 32.3 Å². The smallest absolute Gasteiger partial charge is 0.234 e. The zero-order valence-electron chi connectivity index (χ0n) is 17.2. The molecule has 0 atom stereocenters. The lowest BCUT2D eigenvalue weighted by Gasteiger charge is -2.11. The van der Waals surface area contributed by atoms with Gasteiger partial charge < -0.3 is 14.6 Å². The van der Waals surface area contributed by atoms with Crippen molar-refractivity contribution in [2.24, 2.45) is 7.05 Å². The number of anilines is 1. The molecule has 6 nitrogen and oxygen atoms in total. The van der Waals surface area contributed by atoms with Gasteiger partial charge in [0.2, 0.25) is 5.91 Å². The second-order valence-electron chi connectivity index (χ2n) is 6.91. The highest BCUT2D eigenvalue weighted by Gasteiger charge is 2.14. The number of thioether (sulfide) groups is 1.